The number of rotatable bonds is 3. The van der Waals surface area contributed by atoms with Gasteiger partial charge < -0.3 is 14.6 Å². The molecule has 0 amide bonds. The topological polar surface area (TPSA) is 55.8 Å². The first-order valence-corrected chi connectivity index (χ1v) is 5.76. The lowest BCUT2D eigenvalue weighted by molar-refractivity contribution is -0.136. The SMILES string of the molecule is O=C(O)CCc1cc(Br)c2c(c1)OCCO2. The summed E-state index contributed by atoms with van der Waals surface area (Å²) in [7, 11) is 0. The smallest absolute Gasteiger partial charge is 0.303 e. The summed E-state index contributed by atoms with van der Waals surface area (Å²) in [5.41, 5.74) is 0.929. The van der Waals surface area contributed by atoms with E-state index in [2.05, 4.69) is 15.9 Å². The predicted octanol–water partition coefficient (Wildman–Crippen LogP) is 2.24. The molecule has 1 aliphatic rings. The van der Waals surface area contributed by atoms with E-state index in [0.717, 1.165) is 10.0 Å². The van der Waals surface area contributed by atoms with Crippen LogP contribution in [0, 0.1) is 0 Å². The van der Waals surface area contributed by atoms with E-state index in [1.54, 1.807) is 0 Å². The van der Waals surface area contributed by atoms with Crippen LogP contribution in [0.3, 0.4) is 0 Å². The van der Waals surface area contributed by atoms with Gasteiger partial charge in [0.1, 0.15) is 13.2 Å². The van der Waals surface area contributed by atoms with E-state index < -0.39 is 5.97 Å². The lowest BCUT2D eigenvalue weighted by Crippen LogP contribution is -2.16. The Bertz CT molecular complexity index is 417. The number of carboxylic acid groups (broad SMARTS) is 1. The minimum absolute atomic E-state index is 0.117. The van der Waals surface area contributed by atoms with Gasteiger partial charge in [0.05, 0.1) is 4.47 Å². The summed E-state index contributed by atoms with van der Waals surface area (Å²) in [4.78, 5) is 10.5. The van der Waals surface area contributed by atoms with Crippen molar-refractivity contribution in [3.63, 3.8) is 0 Å². The zero-order valence-corrected chi connectivity index (χ0v) is 10.1. The van der Waals surface area contributed by atoms with Gasteiger partial charge in [0, 0.05) is 6.42 Å². The van der Waals surface area contributed by atoms with E-state index in [1.165, 1.54) is 0 Å². The monoisotopic (exact) mass is 286 g/mol. The summed E-state index contributed by atoms with van der Waals surface area (Å²) < 4.78 is 11.7. The lowest BCUT2D eigenvalue weighted by atomic mass is 10.1. The third-order valence-corrected chi connectivity index (χ3v) is 2.87. The Hall–Kier alpha value is -1.23. The van der Waals surface area contributed by atoms with Crippen molar-refractivity contribution in [1.82, 2.24) is 0 Å². The van der Waals surface area contributed by atoms with Crippen LogP contribution in [-0.2, 0) is 11.2 Å². The molecule has 0 atom stereocenters. The second kappa shape index (κ2) is 4.74. The first-order valence-electron chi connectivity index (χ1n) is 4.96. The number of carbonyl (C=O) groups is 1. The number of aryl methyl sites for hydroxylation is 1. The Morgan fingerprint density at radius 2 is 2.12 bits per heavy atom. The summed E-state index contributed by atoms with van der Waals surface area (Å²) in [6.07, 6.45) is 0.608. The largest absolute Gasteiger partial charge is 0.486 e. The Labute approximate surface area is 101 Å². The molecular weight excluding hydrogens is 276 g/mol. The molecule has 1 heterocycles. The zero-order valence-electron chi connectivity index (χ0n) is 8.53. The number of hydrogen-bond donors (Lipinski definition) is 1. The normalized spacial score (nSPS) is 13.6. The maximum absolute atomic E-state index is 10.5. The third kappa shape index (κ3) is 2.47. The van der Waals surface area contributed by atoms with Crippen molar-refractivity contribution in [2.75, 3.05) is 13.2 Å². The Kier molecular flexibility index (Phi) is 3.33. The highest BCUT2D eigenvalue weighted by molar-refractivity contribution is 9.10. The molecule has 2 rings (SSSR count). The van der Waals surface area contributed by atoms with Crippen molar-refractivity contribution >= 4 is 21.9 Å². The number of benzene rings is 1. The molecule has 86 valence electrons. The molecule has 0 unspecified atom stereocenters. The number of carboxylic acids is 1. The molecule has 1 aliphatic heterocycles. The number of fused-ring (bicyclic) bond motifs is 1. The maximum atomic E-state index is 10.5. The molecule has 1 aromatic rings. The number of hydrogen-bond acceptors (Lipinski definition) is 3. The minimum atomic E-state index is -0.800. The van der Waals surface area contributed by atoms with Gasteiger partial charge in [-0.2, -0.15) is 0 Å². The van der Waals surface area contributed by atoms with E-state index in [4.69, 9.17) is 14.6 Å². The molecular formula is C11H11BrO4. The van der Waals surface area contributed by atoms with Crippen molar-refractivity contribution in [3.8, 4) is 11.5 Å². The van der Waals surface area contributed by atoms with Crippen LogP contribution in [0.25, 0.3) is 0 Å². The standard InChI is InChI=1S/C11H11BrO4/c12-8-5-7(1-2-10(13)14)6-9-11(8)16-4-3-15-9/h5-6H,1-4H2,(H,13,14). The molecule has 0 aromatic heterocycles. The first kappa shape index (κ1) is 11.3. The van der Waals surface area contributed by atoms with Gasteiger partial charge in [-0.3, -0.25) is 4.79 Å². The molecule has 4 nitrogen and oxygen atoms in total. The second-order valence-electron chi connectivity index (χ2n) is 3.50. The lowest BCUT2D eigenvalue weighted by Gasteiger charge is -2.20. The molecule has 1 N–H and O–H groups in total. The number of ether oxygens (including phenoxy) is 2. The highest BCUT2D eigenvalue weighted by Crippen LogP contribution is 2.38. The van der Waals surface area contributed by atoms with Crippen molar-refractivity contribution < 1.29 is 19.4 Å². The average Bonchev–Trinajstić information content (AvgIpc) is 2.26. The van der Waals surface area contributed by atoms with E-state index in [0.29, 0.717) is 31.1 Å². The van der Waals surface area contributed by atoms with Crippen molar-refractivity contribution in [2.24, 2.45) is 0 Å². The maximum Gasteiger partial charge on any atom is 0.303 e. The molecule has 1 aromatic carbocycles. The van der Waals surface area contributed by atoms with Crippen LogP contribution in [0.15, 0.2) is 16.6 Å². The Morgan fingerprint density at radius 3 is 2.88 bits per heavy atom. The molecule has 0 saturated heterocycles. The highest BCUT2D eigenvalue weighted by atomic mass is 79.9. The van der Waals surface area contributed by atoms with E-state index in [-0.39, 0.29) is 6.42 Å². The molecule has 16 heavy (non-hydrogen) atoms. The third-order valence-electron chi connectivity index (χ3n) is 2.28. The molecule has 0 fully saturated rings. The molecule has 0 spiro atoms. The van der Waals surface area contributed by atoms with Gasteiger partial charge in [0.2, 0.25) is 0 Å². The summed E-state index contributed by atoms with van der Waals surface area (Å²) in [6, 6.07) is 3.71. The Morgan fingerprint density at radius 1 is 1.38 bits per heavy atom. The molecule has 0 saturated carbocycles. The van der Waals surface area contributed by atoms with Gasteiger partial charge in [0.15, 0.2) is 11.5 Å². The number of halogens is 1. The van der Waals surface area contributed by atoms with Gasteiger partial charge in [-0.05, 0) is 40.0 Å². The average molecular weight is 287 g/mol. The molecule has 0 aliphatic carbocycles. The molecule has 5 heteroatoms. The predicted molar refractivity (Wildman–Crippen MR) is 61.1 cm³/mol. The summed E-state index contributed by atoms with van der Waals surface area (Å²) in [5.74, 6) is 0.581. The number of aliphatic carboxylic acids is 1. The van der Waals surface area contributed by atoms with E-state index in [9.17, 15) is 4.79 Å². The van der Waals surface area contributed by atoms with Gasteiger partial charge >= 0.3 is 5.97 Å². The van der Waals surface area contributed by atoms with Crippen LogP contribution in [0.1, 0.15) is 12.0 Å². The molecule has 0 bridgehead atoms. The van der Waals surface area contributed by atoms with E-state index in [1.807, 2.05) is 12.1 Å². The fraction of sp³-hybridized carbons (Fsp3) is 0.364. The van der Waals surface area contributed by atoms with Crippen LogP contribution < -0.4 is 9.47 Å². The van der Waals surface area contributed by atoms with Crippen LogP contribution in [-0.4, -0.2) is 24.3 Å². The fourth-order valence-corrected chi connectivity index (χ4v) is 2.16. The van der Waals surface area contributed by atoms with Crippen molar-refractivity contribution in [1.29, 1.82) is 0 Å². The van der Waals surface area contributed by atoms with Crippen LogP contribution in [0.4, 0.5) is 0 Å². The minimum Gasteiger partial charge on any atom is -0.486 e. The van der Waals surface area contributed by atoms with Gasteiger partial charge in [-0.15, -0.1) is 0 Å². The van der Waals surface area contributed by atoms with Gasteiger partial charge in [0.25, 0.3) is 0 Å². The fourth-order valence-electron chi connectivity index (χ4n) is 1.56. The van der Waals surface area contributed by atoms with Crippen LogP contribution in [0.5, 0.6) is 11.5 Å². The van der Waals surface area contributed by atoms with Crippen LogP contribution in [0.2, 0.25) is 0 Å². The highest BCUT2D eigenvalue weighted by Gasteiger charge is 2.16. The summed E-state index contributed by atoms with van der Waals surface area (Å²) in [5, 5.41) is 8.61. The second-order valence-corrected chi connectivity index (χ2v) is 4.35. The first-order chi connectivity index (χ1) is 7.66. The molecule has 0 radical (unpaired) electrons. The van der Waals surface area contributed by atoms with Crippen LogP contribution >= 0.6 is 15.9 Å². The van der Waals surface area contributed by atoms with Crippen molar-refractivity contribution in [3.05, 3.63) is 22.2 Å². The van der Waals surface area contributed by atoms with Crippen molar-refractivity contribution in [2.45, 2.75) is 12.8 Å². The summed E-state index contributed by atoms with van der Waals surface area (Å²) in [6.45, 7) is 1.07. The Balaban J connectivity index is 2.21. The zero-order chi connectivity index (χ0) is 11.5. The van der Waals surface area contributed by atoms with Gasteiger partial charge in [-0.25, -0.2) is 0 Å². The quantitative estimate of drug-likeness (QED) is 0.926. The van der Waals surface area contributed by atoms with Gasteiger partial charge in [-0.1, -0.05) is 0 Å². The van der Waals surface area contributed by atoms with E-state index >= 15 is 0 Å². The summed E-state index contributed by atoms with van der Waals surface area (Å²) >= 11 is 3.39.